The normalized spacial score (nSPS) is 18.9. The van der Waals surface area contributed by atoms with Crippen LogP contribution in [0.2, 0.25) is 0 Å². The highest BCUT2D eigenvalue weighted by Gasteiger charge is 2.33. The average molecular weight is 299 g/mol. The first kappa shape index (κ1) is 16.0. The first-order valence-electron chi connectivity index (χ1n) is 7.63. The number of nitrogens with zero attached hydrogens (tertiary/aromatic N) is 2. The van der Waals surface area contributed by atoms with Crippen LogP contribution in [0.25, 0.3) is 0 Å². The van der Waals surface area contributed by atoms with E-state index >= 15 is 0 Å². The summed E-state index contributed by atoms with van der Waals surface area (Å²) in [5.74, 6) is -0.150. The van der Waals surface area contributed by atoms with E-state index in [4.69, 9.17) is 5.26 Å². The molecule has 1 aromatic rings. The van der Waals surface area contributed by atoms with E-state index in [1.807, 2.05) is 26.0 Å². The molecule has 5 heteroatoms. The SMILES string of the molecule is CC[C@H](C)C(=O)N[C@H]1CCN(Cc2ccc(C#N)cc2)C1=O. The van der Waals surface area contributed by atoms with E-state index in [0.29, 0.717) is 25.1 Å². The lowest BCUT2D eigenvalue weighted by Crippen LogP contribution is -2.43. The molecule has 116 valence electrons. The summed E-state index contributed by atoms with van der Waals surface area (Å²) < 4.78 is 0. The quantitative estimate of drug-likeness (QED) is 0.901. The summed E-state index contributed by atoms with van der Waals surface area (Å²) in [5, 5.41) is 11.6. The zero-order chi connectivity index (χ0) is 16.1. The number of carbonyl (C=O) groups is 2. The lowest BCUT2D eigenvalue weighted by molar-refractivity contribution is -0.134. The first-order valence-corrected chi connectivity index (χ1v) is 7.63. The molecule has 22 heavy (non-hydrogen) atoms. The van der Waals surface area contributed by atoms with Crippen LogP contribution in [0.4, 0.5) is 0 Å². The highest BCUT2D eigenvalue weighted by Crippen LogP contribution is 2.16. The number of hydrogen-bond acceptors (Lipinski definition) is 3. The largest absolute Gasteiger partial charge is 0.344 e. The van der Waals surface area contributed by atoms with Gasteiger partial charge in [0.05, 0.1) is 11.6 Å². The van der Waals surface area contributed by atoms with Crippen molar-refractivity contribution in [1.29, 1.82) is 5.26 Å². The summed E-state index contributed by atoms with van der Waals surface area (Å²) in [4.78, 5) is 26.0. The first-order chi connectivity index (χ1) is 10.5. The van der Waals surface area contributed by atoms with Gasteiger partial charge in [-0.2, -0.15) is 5.26 Å². The van der Waals surface area contributed by atoms with Gasteiger partial charge >= 0.3 is 0 Å². The second-order valence-corrected chi connectivity index (χ2v) is 5.73. The highest BCUT2D eigenvalue weighted by molar-refractivity contribution is 5.89. The van der Waals surface area contributed by atoms with Crippen LogP contribution < -0.4 is 5.32 Å². The maximum Gasteiger partial charge on any atom is 0.245 e. The number of nitrogens with one attached hydrogen (secondary N) is 1. The molecule has 0 unspecified atom stereocenters. The molecular weight excluding hydrogens is 278 g/mol. The van der Waals surface area contributed by atoms with Gasteiger partial charge in [0.25, 0.3) is 0 Å². The Morgan fingerprint density at radius 3 is 2.73 bits per heavy atom. The molecule has 1 saturated heterocycles. The van der Waals surface area contributed by atoms with E-state index in [9.17, 15) is 9.59 Å². The molecule has 0 saturated carbocycles. The van der Waals surface area contributed by atoms with Crippen LogP contribution in [0.3, 0.4) is 0 Å². The van der Waals surface area contributed by atoms with Crippen molar-refractivity contribution in [3.8, 4) is 6.07 Å². The Kier molecular flexibility index (Phi) is 5.16. The van der Waals surface area contributed by atoms with E-state index in [1.165, 1.54) is 0 Å². The second kappa shape index (κ2) is 7.08. The molecule has 1 aliphatic rings. The van der Waals surface area contributed by atoms with Crippen LogP contribution in [0.5, 0.6) is 0 Å². The van der Waals surface area contributed by atoms with Gasteiger partial charge in [0, 0.05) is 19.0 Å². The molecule has 1 heterocycles. The summed E-state index contributed by atoms with van der Waals surface area (Å²) in [6, 6.07) is 8.88. The molecule has 0 bridgehead atoms. The zero-order valence-corrected chi connectivity index (χ0v) is 13.0. The van der Waals surface area contributed by atoms with E-state index in [1.54, 1.807) is 17.0 Å². The Bertz CT molecular complexity index is 589. The Morgan fingerprint density at radius 2 is 2.14 bits per heavy atom. The van der Waals surface area contributed by atoms with E-state index in [-0.39, 0.29) is 17.7 Å². The van der Waals surface area contributed by atoms with Crippen LogP contribution in [0.1, 0.15) is 37.8 Å². The number of likely N-dealkylation sites (tertiary alicyclic amines) is 1. The van der Waals surface area contributed by atoms with Gasteiger partial charge in [0.15, 0.2) is 0 Å². The summed E-state index contributed by atoms with van der Waals surface area (Å²) in [7, 11) is 0. The van der Waals surface area contributed by atoms with Crippen molar-refractivity contribution in [3.63, 3.8) is 0 Å². The van der Waals surface area contributed by atoms with Crippen molar-refractivity contribution < 1.29 is 9.59 Å². The molecule has 0 aromatic heterocycles. The zero-order valence-electron chi connectivity index (χ0n) is 13.0. The highest BCUT2D eigenvalue weighted by atomic mass is 16.2. The summed E-state index contributed by atoms with van der Waals surface area (Å²) in [6.07, 6.45) is 1.42. The Hall–Kier alpha value is -2.35. The molecule has 1 aliphatic heterocycles. The van der Waals surface area contributed by atoms with Gasteiger partial charge in [-0.05, 0) is 30.5 Å². The third-order valence-electron chi connectivity index (χ3n) is 4.13. The minimum atomic E-state index is -0.403. The smallest absolute Gasteiger partial charge is 0.245 e. The number of rotatable bonds is 5. The molecule has 2 atom stereocenters. The van der Waals surface area contributed by atoms with Gasteiger partial charge in [-0.3, -0.25) is 9.59 Å². The fourth-order valence-electron chi connectivity index (χ4n) is 2.43. The van der Waals surface area contributed by atoms with Gasteiger partial charge in [-0.25, -0.2) is 0 Å². The molecule has 1 fully saturated rings. The fraction of sp³-hybridized carbons (Fsp3) is 0.471. The van der Waals surface area contributed by atoms with Gasteiger partial charge in [-0.15, -0.1) is 0 Å². The van der Waals surface area contributed by atoms with Crippen molar-refractivity contribution in [2.24, 2.45) is 5.92 Å². The molecule has 1 N–H and O–H groups in total. The number of carbonyl (C=O) groups excluding carboxylic acids is 2. The number of hydrogen-bond donors (Lipinski definition) is 1. The van der Waals surface area contributed by atoms with Crippen LogP contribution in [0.15, 0.2) is 24.3 Å². The molecule has 0 aliphatic carbocycles. The van der Waals surface area contributed by atoms with Crippen LogP contribution >= 0.6 is 0 Å². The van der Waals surface area contributed by atoms with Crippen molar-refractivity contribution in [3.05, 3.63) is 35.4 Å². The van der Waals surface area contributed by atoms with Crippen molar-refractivity contribution >= 4 is 11.8 Å². The van der Waals surface area contributed by atoms with E-state index in [0.717, 1.165) is 12.0 Å². The predicted molar refractivity (Wildman–Crippen MR) is 82.6 cm³/mol. The molecule has 5 nitrogen and oxygen atoms in total. The minimum Gasteiger partial charge on any atom is -0.344 e. The molecule has 2 amide bonds. The molecule has 2 rings (SSSR count). The van der Waals surface area contributed by atoms with Crippen molar-refractivity contribution in [2.75, 3.05) is 6.54 Å². The lowest BCUT2D eigenvalue weighted by Gasteiger charge is -2.18. The van der Waals surface area contributed by atoms with Crippen molar-refractivity contribution in [1.82, 2.24) is 10.2 Å². The minimum absolute atomic E-state index is 0.0268. The van der Waals surface area contributed by atoms with Gasteiger partial charge in [0.2, 0.25) is 11.8 Å². The van der Waals surface area contributed by atoms with Gasteiger partial charge in [0.1, 0.15) is 6.04 Å². The predicted octanol–water partition coefficient (Wildman–Crippen LogP) is 1.82. The topological polar surface area (TPSA) is 73.2 Å². The average Bonchev–Trinajstić information content (AvgIpc) is 2.88. The maximum absolute atomic E-state index is 12.3. The molecular formula is C17H21N3O2. The number of benzene rings is 1. The maximum atomic E-state index is 12.3. The third-order valence-corrected chi connectivity index (χ3v) is 4.13. The number of amides is 2. The molecule has 0 radical (unpaired) electrons. The monoisotopic (exact) mass is 299 g/mol. The van der Waals surface area contributed by atoms with E-state index in [2.05, 4.69) is 11.4 Å². The summed E-state index contributed by atoms with van der Waals surface area (Å²) >= 11 is 0. The third kappa shape index (κ3) is 3.64. The Balaban J connectivity index is 1.93. The van der Waals surface area contributed by atoms with Crippen molar-refractivity contribution in [2.45, 2.75) is 39.3 Å². The summed E-state index contributed by atoms with van der Waals surface area (Å²) in [6.45, 7) is 4.98. The van der Waals surface area contributed by atoms with Crippen LogP contribution in [-0.2, 0) is 16.1 Å². The second-order valence-electron chi connectivity index (χ2n) is 5.73. The molecule has 1 aromatic carbocycles. The summed E-state index contributed by atoms with van der Waals surface area (Å²) in [5.41, 5.74) is 1.59. The standard InChI is InChI=1S/C17H21N3O2/c1-3-12(2)16(21)19-15-8-9-20(17(15)22)11-14-6-4-13(10-18)5-7-14/h4-7,12,15H,3,8-9,11H2,1-2H3,(H,19,21)/t12-,15-/m0/s1. The van der Waals surface area contributed by atoms with Crippen LogP contribution in [-0.4, -0.2) is 29.3 Å². The van der Waals surface area contributed by atoms with Gasteiger partial charge in [-0.1, -0.05) is 26.0 Å². The van der Waals surface area contributed by atoms with Crippen LogP contribution in [0, 0.1) is 17.2 Å². The fourth-order valence-corrected chi connectivity index (χ4v) is 2.43. The van der Waals surface area contributed by atoms with Gasteiger partial charge < -0.3 is 10.2 Å². The lowest BCUT2D eigenvalue weighted by atomic mass is 10.1. The molecule has 0 spiro atoms. The number of nitriles is 1. The Morgan fingerprint density at radius 1 is 1.45 bits per heavy atom. The Labute approximate surface area is 130 Å². The van der Waals surface area contributed by atoms with E-state index < -0.39 is 6.04 Å².